The number of hydrogen-bond donors (Lipinski definition) is 3. The van der Waals surface area contributed by atoms with Crippen LogP contribution in [-0.2, 0) is 6.54 Å². The molecule has 1 aromatic carbocycles. The zero-order valence-electron chi connectivity index (χ0n) is 11.1. The van der Waals surface area contributed by atoms with E-state index in [0.717, 1.165) is 13.1 Å². The number of aliphatic hydroxyl groups is 1. The second-order valence-electron chi connectivity index (χ2n) is 5.00. The van der Waals surface area contributed by atoms with Crippen LogP contribution in [0, 0.1) is 0 Å². The molecule has 0 radical (unpaired) electrons. The van der Waals surface area contributed by atoms with E-state index in [1.807, 2.05) is 0 Å². The fraction of sp³-hybridized carbons (Fsp3) is 0.571. The standard InChI is InChI=1S/C14H22N2OS/c1-18-14-4-2-13(3-5-14)12-16-8-6-15(7-9-16)10-11-17/h2-5,17H,6-12H2,1H3/p+2. The third-order valence-electron chi connectivity index (χ3n) is 3.74. The number of piperazine rings is 1. The van der Waals surface area contributed by atoms with Gasteiger partial charge in [0.25, 0.3) is 0 Å². The van der Waals surface area contributed by atoms with Gasteiger partial charge in [-0.15, -0.1) is 11.8 Å². The number of quaternary nitrogens is 2. The summed E-state index contributed by atoms with van der Waals surface area (Å²) in [6.45, 7) is 7.20. The van der Waals surface area contributed by atoms with Gasteiger partial charge in [-0.25, -0.2) is 0 Å². The van der Waals surface area contributed by atoms with E-state index in [2.05, 4.69) is 30.5 Å². The second-order valence-corrected chi connectivity index (χ2v) is 5.88. The van der Waals surface area contributed by atoms with Crippen LogP contribution in [-0.4, -0.2) is 50.7 Å². The van der Waals surface area contributed by atoms with Crippen LogP contribution in [0.5, 0.6) is 0 Å². The van der Waals surface area contributed by atoms with Crippen LogP contribution in [0.25, 0.3) is 0 Å². The van der Waals surface area contributed by atoms with Gasteiger partial charge in [0.1, 0.15) is 39.3 Å². The number of rotatable bonds is 5. The Hall–Kier alpha value is -0.550. The van der Waals surface area contributed by atoms with E-state index in [1.165, 1.54) is 36.6 Å². The van der Waals surface area contributed by atoms with E-state index >= 15 is 0 Å². The summed E-state index contributed by atoms with van der Waals surface area (Å²) in [6, 6.07) is 8.94. The highest BCUT2D eigenvalue weighted by atomic mass is 32.2. The molecule has 1 fully saturated rings. The van der Waals surface area contributed by atoms with E-state index in [4.69, 9.17) is 5.11 Å². The van der Waals surface area contributed by atoms with Gasteiger partial charge in [0.05, 0.1) is 6.61 Å². The first-order chi connectivity index (χ1) is 8.81. The van der Waals surface area contributed by atoms with Crippen molar-refractivity contribution in [2.75, 3.05) is 45.6 Å². The van der Waals surface area contributed by atoms with Crippen molar-refractivity contribution in [3.8, 4) is 0 Å². The summed E-state index contributed by atoms with van der Waals surface area (Å²) in [5.41, 5.74) is 1.44. The summed E-state index contributed by atoms with van der Waals surface area (Å²) in [5.74, 6) is 0. The van der Waals surface area contributed by atoms with E-state index in [1.54, 1.807) is 21.6 Å². The van der Waals surface area contributed by atoms with Crippen LogP contribution < -0.4 is 9.80 Å². The van der Waals surface area contributed by atoms with Gasteiger partial charge in [0.2, 0.25) is 0 Å². The molecule has 100 valence electrons. The molecule has 1 aliphatic heterocycles. The van der Waals surface area contributed by atoms with Crippen molar-refractivity contribution >= 4 is 11.8 Å². The molecule has 0 aromatic heterocycles. The maximum Gasteiger partial charge on any atom is 0.127 e. The van der Waals surface area contributed by atoms with Crippen LogP contribution in [0.4, 0.5) is 0 Å². The van der Waals surface area contributed by atoms with Gasteiger partial charge < -0.3 is 14.9 Å². The molecule has 1 heterocycles. The van der Waals surface area contributed by atoms with Gasteiger partial charge in [-0.2, -0.15) is 0 Å². The van der Waals surface area contributed by atoms with Gasteiger partial charge in [0, 0.05) is 10.5 Å². The predicted molar refractivity (Wildman–Crippen MR) is 75.3 cm³/mol. The number of thioether (sulfide) groups is 1. The van der Waals surface area contributed by atoms with Crippen molar-refractivity contribution in [1.29, 1.82) is 0 Å². The predicted octanol–water partition coefficient (Wildman–Crippen LogP) is -1.32. The van der Waals surface area contributed by atoms with Crippen LogP contribution in [0.15, 0.2) is 29.2 Å². The Labute approximate surface area is 114 Å². The Balaban J connectivity index is 1.80. The summed E-state index contributed by atoms with van der Waals surface area (Å²) in [7, 11) is 0. The van der Waals surface area contributed by atoms with E-state index in [9.17, 15) is 0 Å². The molecule has 1 aromatic rings. The molecule has 3 nitrogen and oxygen atoms in total. The summed E-state index contributed by atoms with van der Waals surface area (Å²) in [6.07, 6.45) is 2.11. The van der Waals surface area contributed by atoms with E-state index in [-0.39, 0.29) is 0 Å². The maximum absolute atomic E-state index is 8.94. The van der Waals surface area contributed by atoms with Crippen molar-refractivity contribution < 1.29 is 14.9 Å². The van der Waals surface area contributed by atoms with Crippen molar-refractivity contribution in [3.63, 3.8) is 0 Å². The van der Waals surface area contributed by atoms with E-state index in [0.29, 0.717) is 6.61 Å². The quantitative estimate of drug-likeness (QED) is 0.579. The minimum atomic E-state index is 0.320. The molecule has 1 aliphatic rings. The largest absolute Gasteiger partial charge is 0.391 e. The number of nitrogens with one attached hydrogen (secondary N) is 2. The lowest BCUT2D eigenvalue weighted by molar-refractivity contribution is -1.02. The Morgan fingerprint density at radius 2 is 1.67 bits per heavy atom. The summed E-state index contributed by atoms with van der Waals surface area (Å²) in [4.78, 5) is 4.57. The zero-order valence-corrected chi connectivity index (χ0v) is 11.9. The van der Waals surface area contributed by atoms with Gasteiger partial charge in [-0.3, -0.25) is 0 Å². The highest BCUT2D eigenvalue weighted by Gasteiger charge is 2.22. The minimum Gasteiger partial charge on any atom is -0.391 e. The number of aliphatic hydroxyl groups excluding tert-OH is 1. The number of hydrogen-bond acceptors (Lipinski definition) is 2. The van der Waals surface area contributed by atoms with E-state index < -0.39 is 0 Å². The summed E-state index contributed by atoms with van der Waals surface area (Å²) >= 11 is 1.80. The molecule has 0 spiro atoms. The molecule has 0 aliphatic carbocycles. The Morgan fingerprint density at radius 3 is 2.22 bits per heavy atom. The van der Waals surface area contributed by atoms with Crippen molar-refractivity contribution in [3.05, 3.63) is 29.8 Å². The van der Waals surface area contributed by atoms with Crippen LogP contribution in [0.3, 0.4) is 0 Å². The van der Waals surface area contributed by atoms with Gasteiger partial charge >= 0.3 is 0 Å². The molecule has 0 saturated carbocycles. The van der Waals surface area contributed by atoms with Crippen LogP contribution in [0.2, 0.25) is 0 Å². The number of benzene rings is 1. The lowest BCUT2D eigenvalue weighted by Gasteiger charge is -2.29. The van der Waals surface area contributed by atoms with Gasteiger partial charge in [0.15, 0.2) is 0 Å². The highest BCUT2D eigenvalue weighted by molar-refractivity contribution is 7.98. The normalized spacial score (nSPS) is 24.1. The van der Waals surface area contributed by atoms with Crippen molar-refractivity contribution in [2.45, 2.75) is 11.4 Å². The molecule has 0 unspecified atom stereocenters. The van der Waals surface area contributed by atoms with Gasteiger partial charge in [-0.05, 0) is 18.4 Å². The Bertz CT molecular complexity index is 347. The third-order valence-corrected chi connectivity index (χ3v) is 4.49. The molecule has 1 saturated heterocycles. The molecule has 4 heteroatoms. The molecule has 2 rings (SSSR count). The molecular formula is C14H24N2OS+2. The van der Waals surface area contributed by atoms with Crippen molar-refractivity contribution in [1.82, 2.24) is 0 Å². The molecule has 0 atom stereocenters. The first kappa shape index (κ1) is 13.9. The molecule has 0 bridgehead atoms. The Kier molecular flexibility index (Phi) is 5.50. The van der Waals surface area contributed by atoms with Gasteiger partial charge in [-0.1, -0.05) is 12.1 Å². The molecule has 18 heavy (non-hydrogen) atoms. The minimum absolute atomic E-state index is 0.320. The van der Waals surface area contributed by atoms with Crippen LogP contribution >= 0.6 is 11.8 Å². The monoisotopic (exact) mass is 268 g/mol. The average molecular weight is 268 g/mol. The first-order valence-electron chi connectivity index (χ1n) is 6.72. The smallest absolute Gasteiger partial charge is 0.127 e. The van der Waals surface area contributed by atoms with Crippen molar-refractivity contribution in [2.24, 2.45) is 0 Å². The average Bonchev–Trinajstić information content (AvgIpc) is 2.42. The Morgan fingerprint density at radius 1 is 1.06 bits per heavy atom. The maximum atomic E-state index is 8.94. The summed E-state index contributed by atoms with van der Waals surface area (Å²) in [5, 5.41) is 8.94. The molecule has 0 amide bonds. The molecular weight excluding hydrogens is 244 g/mol. The first-order valence-corrected chi connectivity index (χ1v) is 7.95. The summed E-state index contributed by atoms with van der Waals surface area (Å²) < 4.78 is 0. The fourth-order valence-electron chi connectivity index (χ4n) is 2.57. The van der Waals surface area contributed by atoms with Crippen LogP contribution in [0.1, 0.15) is 5.56 Å². The second kappa shape index (κ2) is 7.14. The lowest BCUT2D eigenvalue weighted by Crippen LogP contribution is -3.27. The fourth-order valence-corrected chi connectivity index (χ4v) is 2.98. The molecule has 3 N–H and O–H groups in total. The topological polar surface area (TPSA) is 29.1 Å². The lowest BCUT2D eigenvalue weighted by atomic mass is 10.2. The highest BCUT2D eigenvalue weighted by Crippen LogP contribution is 2.14. The SMILES string of the molecule is CSc1ccc(C[NH+]2CC[NH+](CCO)CC2)cc1. The zero-order chi connectivity index (χ0) is 12.8. The third kappa shape index (κ3) is 3.99.